The molecule has 0 spiro atoms. The molecule has 16 heavy (non-hydrogen) atoms. The topological polar surface area (TPSA) is 29.3 Å². The quantitative estimate of drug-likeness (QED) is 0.858. The second-order valence-corrected chi connectivity index (χ2v) is 4.97. The molecule has 2 nitrogen and oxygen atoms in total. The van der Waals surface area contributed by atoms with E-state index in [-0.39, 0.29) is 0 Å². The fourth-order valence-electron chi connectivity index (χ4n) is 1.98. The number of rotatable bonds is 5. The van der Waals surface area contributed by atoms with Crippen molar-refractivity contribution in [1.29, 1.82) is 0 Å². The van der Waals surface area contributed by atoms with Gasteiger partial charge in [-0.3, -0.25) is 0 Å². The summed E-state index contributed by atoms with van der Waals surface area (Å²) in [5.41, 5.74) is 7.98. The molecule has 1 aromatic carbocycles. The lowest BCUT2D eigenvalue weighted by atomic mass is 10.1. The first-order valence-corrected chi connectivity index (χ1v) is 6.12. The SMILES string of the molecule is CC(C)CN(C)c1c(Cl)cccc1CCN. The fourth-order valence-corrected chi connectivity index (χ4v) is 2.32. The summed E-state index contributed by atoms with van der Waals surface area (Å²) in [5.74, 6) is 0.618. The molecule has 0 aliphatic heterocycles. The van der Waals surface area contributed by atoms with E-state index in [4.69, 9.17) is 17.3 Å². The van der Waals surface area contributed by atoms with Crippen LogP contribution in [-0.4, -0.2) is 20.1 Å². The van der Waals surface area contributed by atoms with Gasteiger partial charge in [-0.2, -0.15) is 0 Å². The second kappa shape index (κ2) is 6.12. The number of hydrogen-bond donors (Lipinski definition) is 1. The van der Waals surface area contributed by atoms with Crippen LogP contribution in [0, 0.1) is 5.92 Å². The molecule has 0 saturated carbocycles. The summed E-state index contributed by atoms with van der Waals surface area (Å²) in [7, 11) is 2.08. The summed E-state index contributed by atoms with van der Waals surface area (Å²) < 4.78 is 0. The Morgan fingerprint density at radius 2 is 2.06 bits per heavy atom. The van der Waals surface area contributed by atoms with Crippen molar-refractivity contribution in [1.82, 2.24) is 0 Å². The summed E-state index contributed by atoms with van der Waals surface area (Å²) in [6.45, 7) is 6.07. The maximum absolute atomic E-state index is 6.26. The van der Waals surface area contributed by atoms with Crippen LogP contribution in [0.2, 0.25) is 5.02 Å². The molecule has 1 rings (SSSR count). The van der Waals surface area contributed by atoms with Gasteiger partial charge in [0.1, 0.15) is 0 Å². The Kier molecular flexibility index (Phi) is 5.10. The van der Waals surface area contributed by atoms with Crippen LogP contribution in [0.15, 0.2) is 18.2 Å². The van der Waals surface area contributed by atoms with Crippen LogP contribution in [0.25, 0.3) is 0 Å². The molecule has 0 atom stereocenters. The third kappa shape index (κ3) is 3.39. The van der Waals surface area contributed by atoms with E-state index in [1.54, 1.807) is 0 Å². The van der Waals surface area contributed by atoms with Crippen LogP contribution in [0.4, 0.5) is 5.69 Å². The Balaban J connectivity index is 2.99. The Bertz CT molecular complexity index is 337. The van der Waals surface area contributed by atoms with Gasteiger partial charge in [0.15, 0.2) is 0 Å². The van der Waals surface area contributed by atoms with Gasteiger partial charge in [-0.05, 0) is 30.5 Å². The molecule has 1 aromatic rings. The minimum atomic E-state index is 0.618. The van der Waals surface area contributed by atoms with Gasteiger partial charge in [0.25, 0.3) is 0 Å². The molecule has 0 aliphatic rings. The number of halogens is 1. The summed E-state index contributed by atoms with van der Waals surface area (Å²) in [6.07, 6.45) is 0.873. The number of nitrogens with zero attached hydrogens (tertiary/aromatic N) is 1. The van der Waals surface area contributed by atoms with Crippen LogP contribution in [-0.2, 0) is 6.42 Å². The maximum atomic E-state index is 6.26. The molecule has 2 N–H and O–H groups in total. The van der Waals surface area contributed by atoms with Crippen molar-refractivity contribution >= 4 is 17.3 Å². The standard InChI is InChI=1S/C13H21ClN2/c1-10(2)9-16(3)13-11(7-8-15)5-4-6-12(13)14/h4-6,10H,7-9,15H2,1-3H3. The molecule has 0 heterocycles. The van der Waals surface area contributed by atoms with Crippen molar-refractivity contribution in [2.24, 2.45) is 11.7 Å². The van der Waals surface area contributed by atoms with Crippen molar-refractivity contribution in [3.63, 3.8) is 0 Å². The third-order valence-corrected chi connectivity index (χ3v) is 2.81. The molecule has 0 aliphatic carbocycles. The van der Waals surface area contributed by atoms with E-state index in [1.165, 1.54) is 5.56 Å². The smallest absolute Gasteiger partial charge is 0.0642 e. The van der Waals surface area contributed by atoms with E-state index >= 15 is 0 Å². The zero-order valence-electron chi connectivity index (χ0n) is 10.3. The summed E-state index contributed by atoms with van der Waals surface area (Å²) in [4.78, 5) is 2.22. The monoisotopic (exact) mass is 240 g/mol. The van der Waals surface area contributed by atoms with Gasteiger partial charge in [0.05, 0.1) is 10.7 Å². The molecule has 0 radical (unpaired) electrons. The number of benzene rings is 1. The van der Waals surface area contributed by atoms with E-state index < -0.39 is 0 Å². The Hall–Kier alpha value is -0.730. The van der Waals surface area contributed by atoms with Crippen LogP contribution < -0.4 is 10.6 Å². The number of para-hydroxylation sites is 1. The van der Waals surface area contributed by atoms with Gasteiger partial charge < -0.3 is 10.6 Å². The fraction of sp³-hybridized carbons (Fsp3) is 0.538. The molecule has 0 saturated heterocycles. The second-order valence-electron chi connectivity index (χ2n) is 4.56. The minimum Gasteiger partial charge on any atom is -0.373 e. The predicted octanol–water partition coefficient (Wildman–Crippen LogP) is 2.93. The zero-order valence-corrected chi connectivity index (χ0v) is 11.1. The van der Waals surface area contributed by atoms with Crippen LogP contribution in [0.5, 0.6) is 0 Å². The summed E-state index contributed by atoms with van der Waals surface area (Å²) in [5, 5.41) is 0.814. The van der Waals surface area contributed by atoms with Gasteiger partial charge in [-0.25, -0.2) is 0 Å². The average molecular weight is 241 g/mol. The summed E-state index contributed by atoms with van der Waals surface area (Å²) in [6, 6.07) is 6.03. The highest BCUT2D eigenvalue weighted by atomic mass is 35.5. The zero-order chi connectivity index (χ0) is 12.1. The van der Waals surface area contributed by atoms with Crippen molar-refractivity contribution in [3.05, 3.63) is 28.8 Å². The van der Waals surface area contributed by atoms with Crippen LogP contribution >= 0.6 is 11.6 Å². The first kappa shape index (κ1) is 13.3. The van der Waals surface area contributed by atoms with Gasteiger partial charge >= 0.3 is 0 Å². The molecule has 0 amide bonds. The maximum Gasteiger partial charge on any atom is 0.0642 e. The molecule has 0 fully saturated rings. The van der Waals surface area contributed by atoms with E-state index in [1.807, 2.05) is 12.1 Å². The highest BCUT2D eigenvalue weighted by Gasteiger charge is 2.12. The molecule has 0 unspecified atom stereocenters. The average Bonchev–Trinajstić information content (AvgIpc) is 2.16. The molecular weight excluding hydrogens is 220 g/mol. The van der Waals surface area contributed by atoms with E-state index in [9.17, 15) is 0 Å². The van der Waals surface area contributed by atoms with Gasteiger partial charge in [-0.15, -0.1) is 0 Å². The first-order chi connectivity index (χ1) is 7.56. The van der Waals surface area contributed by atoms with Crippen LogP contribution in [0.1, 0.15) is 19.4 Å². The number of nitrogens with two attached hydrogens (primary N) is 1. The lowest BCUT2D eigenvalue weighted by Crippen LogP contribution is -2.24. The van der Waals surface area contributed by atoms with Crippen molar-refractivity contribution < 1.29 is 0 Å². The number of anilines is 1. The van der Waals surface area contributed by atoms with Crippen molar-refractivity contribution in [3.8, 4) is 0 Å². The Labute approximate surface area is 103 Å². The van der Waals surface area contributed by atoms with Crippen molar-refractivity contribution in [2.75, 3.05) is 25.0 Å². The number of hydrogen-bond acceptors (Lipinski definition) is 2. The third-order valence-electron chi connectivity index (χ3n) is 2.50. The highest BCUT2D eigenvalue weighted by Crippen LogP contribution is 2.29. The Morgan fingerprint density at radius 3 is 2.62 bits per heavy atom. The van der Waals surface area contributed by atoms with E-state index in [2.05, 4.69) is 31.9 Å². The molecule has 3 heteroatoms. The lowest BCUT2D eigenvalue weighted by molar-refractivity contribution is 0.637. The van der Waals surface area contributed by atoms with E-state index in [0.717, 1.165) is 23.7 Å². The largest absolute Gasteiger partial charge is 0.373 e. The van der Waals surface area contributed by atoms with Gasteiger partial charge in [-0.1, -0.05) is 37.6 Å². The van der Waals surface area contributed by atoms with Crippen molar-refractivity contribution in [2.45, 2.75) is 20.3 Å². The van der Waals surface area contributed by atoms with Crippen LogP contribution in [0.3, 0.4) is 0 Å². The first-order valence-electron chi connectivity index (χ1n) is 5.74. The van der Waals surface area contributed by atoms with E-state index in [0.29, 0.717) is 12.5 Å². The molecule has 90 valence electrons. The predicted molar refractivity (Wildman–Crippen MR) is 72.3 cm³/mol. The molecule has 0 aromatic heterocycles. The van der Waals surface area contributed by atoms with Gasteiger partial charge in [0.2, 0.25) is 0 Å². The minimum absolute atomic E-state index is 0.618. The molecular formula is C13H21ClN2. The Morgan fingerprint density at radius 1 is 1.38 bits per heavy atom. The lowest BCUT2D eigenvalue weighted by Gasteiger charge is -2.25. The van der Waals surface area contributed by atoms with Gasteiger partial charge in [0, 0.05) is 13.6 Å². The summed E-state index contributed by atoms with van der Waals surface area (Å²) >= 11 is 6.26. The molecule has 0 bridgehead atoms. The normalized spacial score (nSPS) is 10.9. The highest BCUT2D eigenvalue weighted by molar-refractivity contribution is 6.33.